The Morgan fingerprint density at radius 3 is 1.75 bits per heavy atom. The highest BCUT2D eigenvalue weighted by Crippen LogP contribution is 2.20. The predicted octanol–water partition coefficient (Wildman–Crippen LogP) is 2.03. The van der Waals surface area contributed by atoms with Gasteiger partial charge in [-0.25, -0.2) is 4.79 Å². The van der Waals surface area contributed by atoms with Crippen molar-refractivity contribution in [3.63, 3.8) is 0 Å². The van der Waals surface area contributed by atoms with E-state index in [9.17, 15) is 33.9 Å². The smallest absolute Gasteiger partial charge is 0.326 e. The summed E-state index contributed by atoms with van der Waals surface area (Å²) in [6.07, 6.45) is 1.77. The molecule has 0 spiro atoms. The van der Waals surface area contributed by atoms with Gasteiger partial charge in [-0.3, -0.25) is 24.0 Å². The maximum atomic E-state index is 14.0. The number of carboxylic acids is 1. The highest BCUT2D eigenvalue weighted by Gasteiger charge is 2.39. The molecule has 1 fully saturated rings. The lowest BCUT2D eigenvalue weighted by atomic mass is 9.96. The molecule has 1 aliphatic heterocycles. The molecule has 7 atom stereocenters. The van der Waals surface area contributed by atoms with Crippen LogP contribution in [0, 0.1) is 5.92 Å². The summed E-state index contributed by atoms with van der Waals surface area (Å²) in [4.78, 5) is 81.9. The van der Waals surface area contributed by atoms with Gasteiger partial charge in [-0.2, -0.15) is 12.6 Å². The first-order chi connectivity index (χ1) is 26.4. The molecule has 13 nitrogen and oxygen atoms in total. The Balaban J connectivity index is 1.47. The number of hydrogen-bond donors (Lipinski definition) is 7. The molecular formula is C41H52N6O7S. The molecule has 3 aromatic rings. The summed E-state index contributed by atoms with van der Waals surface area (Å²) in [7, 11) is 0. The summed E-state index contributed by atoms with van der Waals surface area (Å²) in [5, 5.41) is 20.8. The van der Waals surface area contributed by atoms with E-state index in [-0.39, 0.29) is 37.5 Å². The Morgan fingerprint density at radius 1 is 0.727 bits per heavy atom. The molecule has 14 heteroatoms. The van der Waals surface area contributed by atoms with Crippen molar-refractivity contribution in [3.8, 4) is 0 Å². The summed E-state index contributed by atoms with van der Waals surface area (Å²) in [6, 6.07) is 20.8. The topological polar surface area (TPSA) is 200 Å². The van der Waals surface area contributed by atoms with Crippen molar-refractivity contribution in [2.75, 3.05) is 12.3 Å². The SMILES string of the molecule is CC[C@H](C)[C@H](NC(=O)[C@@H](N)Cc1ccccc1)C(=O)N[C@@H](Cc1ccccc1)C(=O)N[C@@H](CS)C(=O)N1CCC[C@H]1C(=O)N[C@@H](Cc1ccccc1)C(=O)O. The number of nitrogens with two attached hydrogens (primary N) is 1. The van der Waals surface area contributed by atoms with Crippen molar-refractivity contribution >= 4 is 48.1 Å². The van der Waals surface area contributed by atoms with E-state index in [4.69, 9.17) is 5.73 Å². The third-order valence-electron chi connectivity index (χ3n) is 9.88. The number of thiol groups is 1. The van der Waals surface area contributed by atoms with Gasteiger partial charge < -0.3 is 37.0 Å². The second-order valence-electron chi connectivity index (χ2n) is 13.9. The largest absolute Gasteiger partial charge is 0.480 e. The summed E-state index contributed by atoms with van der Waals surface area (Å²) >= 11 is 4.36. The van der Waals surface area contributed by atoms with Crippen LogP contribution in [0.1, 0.15) is 49.8 Å². The monoisotopic (exact) mass is 772 g/mol. The lowest BCUT2D eigenvalue weighted by Gasteiger charge is -2.30. The lowest BCUT2D eigenvalue weighted by molar-refractivity contribution is -0.144. The van der Waals surface area contributed by atoms with Gasteiger partial charge in [0.25, 0.3) is 0 Å². The van der Waals surface area contributed by atoms with Crippen molar-refractivity contribution in [2.24, 2.45) is 11.7 Å². The molecule has 0 aromatic heterocycles. The molecule has 1 saturated heterocycles. The number of aliphatic carboxylic acids is 1. The Bertz CT molecular complexity index is 1750. The van der Waals surface area contributed by atoms with Gasteiger partial charge in [-0.1, -0.05) is 111 Å². The molecular weight excluding hydrogens is 721 g/mol. The number of likely N-dealkylation sites (tertiary alicyclic amines) is 1. The number of amides is 5. The summed E-state index contributed by atoms with van der Waals surface area (Å²) in [5.41, 5.74) is 8.58. The zero-order valence-corrected chi connectivity index (χ0v) is 32.1. The van der Waals surface area contributed by atoms with E-state index in [2.05, 4.69) is 33.9 Å². The summed E-state index contributed by atoms with van der Waals surface area (Å²) in [6.45, 7) is 3.92. The number of rotatable bonds is 19. The molecule has 5 amide bonds. The van der Waals surface area contributed by atoms with E-state index in [1.807, 2.05) is 56.3 Å². The maximum absolute atomic E-state index is 14.0. The summed E-state index contributed by atoms with van der Waals surface area (Å²) in [5.74, 6) is -4.54. The first-order valence-corrected chi connectivity index (χ1v) is 19.3. The molecule has 0 aliphatic carbocycles. The zero-order chi connectivity index (χ0) is 39.9. The number of nitrogens with one attached hydrogen (secondary N) is 4. The number of hydrogen-bond acceptors (Lipinski definition) is 8. The Labute approximate surface area is 327 Å². The van der Waals surface area contributed by atoms with E-state index in [1.165, 1.54) is 4.90 Å². The van der Waals surface area contributed by atoms with Gasteiger partial charge in [-0.15, -0.1) is 0 Å². The van der Waals surface area contributed by atoms with Crippen molar-refractivity contribution < 1.29 is 33.9 Å². The van der Waals surface area contributed by atoms with Crippen molar-refractivity contribution in [1.29, 1.82) is 0 Å². The van der Waals surface area contributed by atoms with Gasteiger partial charge in [0, 0.05) is 25.1 Å². The minimum Gasteiger partial charge on any atom is -0.480 e. The van der Waals surface area contributed by atoms with Crippen LogP contribution < -0.4 is 27.0 Å². The molecule has 4 rings (SSSR count). The second-order valence-corrected chi connectivity index (χ2v) is 14.3. The highest BCUT2D eigenvalue weighted by atomic mass is 32.1. The quantitative estimate of drug-likeness (QED) is 0.0898. The van der Waals surface area contributed by atoms with E-state index in [1.54, 1.807) is 48.5 Å². The fraction of sp³-hybridized carbons (Fsp3) is 0.415. The van der Waals surface area contributed by atoms with Gasteiger partial charge in [0.2, 0.25) is 29.5 Å². The Morgan fingerprint density at radius 2 is 1.24 bits per heavy atom. The molecule has 0 bridgehead atoms. The predicted molar refractivity (Wildman–Crippen MR) is 212 cm³/mol. The minimum atomic E-state index is -1.21. The fourth-order valence-corrected chi connectivity index (χ4v) is 6.77. The fourth-order valence-electron chi connectivity index (χ4n) is 6.52. The number of carboxylic acid groups (broad SMARTS) is 1. The van der Waals surface area contributed by atoms with E-state index in [0.717, 1.165) is 16.7 Å². The van der Waals surface area contributed by atoms with Gasteiger partial charge in [-0.05, 0) is 41.9 Å². The van der Waals surface area contributed by atoms with E-state index < -0.39 is 71.8 Å². The summed E-state index contributed by atoms with van der Waals surface area (Å²) < 4.78 is 0. The van der Waals surface area contributed by atoms with Crippen molar-refractivity contribution in [1.82, 2.24) is 26.2 Å². The molecule has 7 N–H and O–H groups in total. The van der Waals surface area contributed by atoms with Crippen LogP contribution in [0.15, 0.2) is 91.0 Å². The highest BCUT2D eigenvalue weighted by molar-refractivity contribution is 7.80. The van der Waals surface area contributed by atoms with Crippen LogP contribution in [0.5, 0.6) is 0 Å². The van der Waals surface area contributed by atoms with Crippen LogP contribution in [0.2, 0.25) is 0 Å². The molecule has 0 radical (unpaired) electrons. The molecule has 1 aliphatic rings. The van der Waals surface area contributed by atoms with E-state index in [0.29, 0.717) is 19.3 Å². The molecule has 0 unspecified atom stereocenters. The first kappa shape index (κ1) is 42.5. The minimum absolute atomic E-state index is 0.0640. The average molecular weight is 773 g/mol. The number of nitrogens with zero attached hydrogens (tertiary/aromatic N) is 1. The van der Waals surface area contributed by atoms with Crippen LogP contribution in [-0.4, -0.2) is 94.1 Å². The van der Waals surface area contributed by atoms with Gasteiger partial charge in [0.1, 0.15) is 30.2 Å². The third-order valence-corrected chi connectivity index (χ3v) is 10.2. The number of carbonyl (C=O) groups excluding carboxylic acids is 5. The third kappa shape index (κ3) is 12.4. The number of benzene rings is 3. The Kier molecular flexibility index (Phi) is 16.3. The van der Waals surface area contributed by atoms with Gasteiger partial charge >= 0.3 is 5.97 Å². The van der Waals surface area contributed by atoms with Crippen LogP contribution in [0.25, 0.3) is 0 Å². The molecule has 55 heavy (non-hydrogen) atoms. The van der Waals surface area contributed by atoms with Crippen molar-refractivity contribution in [2.45, 2.75) is 88.6 Å². The Hall–Kier alpha value is -5.21. The molecule has 294 valence electrons. The van der Waals surface area contributed by atoms with Crippen LogP contribution in [-0.2, 0) is 48.0 Å². The molecule has 1 heterocycles. The van der Waals surface area contributed by atoms with Crippen LogP contribution in [0.4, 0.5) is 0 Å². The first-order valence-electron chi connectivity index (χ1n) is 18.6. The second kappa shape index (κ2) is 21.0. The van der Waals surface area contributed by atoms with Crippen molar-refractivity contribution in [3.05, 3.63) is 108 Å². The van der Waals surface area contributed by atoms with E-state index >= 15 is 0 Å². The normalized spacial score (nSPS) is 17.1. The van der Waals surface area contributed by atoms with Crippen LogP contribution in [0.3, 0.4) is 0 Å². The molecule has 3 aromatic carbocycles. The molecule has 0 saturated carbocycles. The standard InChI is InChI=1S/C41H52N6O7S/c1-3-26(2)35(46-36(48)30(42)22-27-14-7-4-8-15-27)39(51)43-31(23-28-16-9-5-10-17-28)37(49)45-33(25-55)40(52)47-21-13-20-34(47)38(50)44-32(41(53)54)24-29-18-11-6-12-19-29/h4-12,14-19,26,30-35,55H,3,13,20-25,42H2,1-2H3,(H,43,51)(H,44,50)(H,45,49)(H,46,48)(H,53,54)/t26-,30-,31-,32-,33-,34-,35-/m0/s1. The van der Waals surface area contributed by atoms with Gasteiger partial charge in [0.15, 0.2) is 0 Å². The van der Waals surface area contributed by atoms with Crippen LogP contribution >= 0.6 is 12.6 Å². The lowest BCUT2D eigenvalue weighted by Crippen LogP contribution is -2.60. The van der Waals surface area contributed by atoms with Gasteiger partial charge in [0.05, 0.1) is 6.04 Å². The number of carbonyl (C=O) groups is 6. The maximum Gasteiger partial charge on any atom is 0.326 e. The zero-order valence-electron chi connectivity index (χ0n) is 31.2. The average Bonchev–Trinajstić information content (AvgIpc) is 3.69.